The molecule has 1 aliphatic rings. The SMILES string of the molecule is CSCC1(c2cn(CS(C)(C)C)nn2)CC1. The molecule has 0 aromatic carbocycles. The Balaban J connectivity index is 2.08. The van der Waals surface area contributed by atoms with Gasteiger partial charge in [-0.3, -0.25) is 0 Å². The molecule has 0 spiro atoms. The highest BCUT2D eigenvalue weighted by Gasteiger charge is 2.46. The van der Waals surface area contributed by atoms with E-state index in [2.05, 4.69) is 41.5 Å². The Morgan fingerprint density at radius 1 is 1.44 bits per heavy atom. The largest absolute Gasteiger partial charge is 0.244 e. The van der Waals surface area contributed by atoms with Crippen LogP contribution in [0.15, 0.2) is 6.20 Å². The Labute approximate surface area is 104 Å². The van der Waals surface area contributed by atoms with E-state index in [1.807, 2.05) is 16.4 Å². The number of thioether (sulfide) groups is 1. The molecular formula is C11H21N3S2. The highest BCUT2D eigenvalue weighted by Crippen LogP contribution is 2.49. The van der Waals surface area contributed by atoms with Gasteiger partial charge in [0, 0.05) is 17.4 Å². The normalized spacial score (nSPS) is 19.8. The van der Waals surface area contributed by atoms with Crippen molar-refractivity contribution in [1.29, 1.82) is 0 Å². The van der Waals surface area contributed by atoms with E-state index in [0.717, 1.165) is 5.88 Å². The minimum Gasteiger partial charge on any atom is -0.244 e. The molecule has 0 atom stereocenters. The molecule has 0 aliphatic heterocycles. The van der Waals surface area contributed by atoms with E-state index in [9.17, 15) is 0 Å². The fraction of sp³-hybridized carbons (Fsp3) is 0.818. The van der Waals surface area contributed by atoms with Crippen molar-refractivity contribution < 1.29 is 0 Å². The number of nitrogens with zero attached hydrogens (tertiary/aromatic N) is 3. The van der Waals surface area contributed by atoms with Crippen molar-refractivity contribution in [2.75, 3.05) is 30.8 Å². The van der Waals surface area contributed by atoms with Crippen molar-refractivity contribution in [2.45, 2.75) is 24.1 Å². The van der Waals surface area contributed by atoms with Crippen LogP contribution in [0, 0.1) is 0 Å². The van der Waals surface area contributed by atoms with Gasteiger partial charge < -0.3 is 0 Å². The maximum absolute atomic E-state index is 4.37. The first kappa shape index (κ1) is 12.3. The zero-order valence-electron chi connectivity index (χ0n) is 10.6. The average molecular weight is 259 g/mol. The smallest absolute Gasteiger partial charge is 0.0897 e. The van der Waals surface area contributed by atoms with Crippen molar-refractivity contribution in [1.82, 2.24) is 15.0 Å². The van der Waals surface area contributed by atoms with E-state index in [1.165, 1.54) is 24.3 Å². The van der Waals surface area contributed by atoms with Crippen LogP contribution in [0.4, 0.5) is 0 Å². The Morgan fingerprint density at radius 3 is 2.62 bits per heavy atom. The van der Waals surface area contributed by atoms with Gasteiger partial charge in [0.2, 0.25) is 0 Å². The van der Waals surface area contributed by atoms with Crippen LogP contribution < -0.4 is 0 Å². The first-order valence-electron chi connectivity index (χ1n) is 5.51. The molecule has 0 unspecified atom stereocenters. The molecule has 1 saturated carbocycles. The summed E-state index contributed by atoms with van der Waals surface area (Å²) in [4.78, 5) is 0. The molecule has 0 amide bonds. The van der Waals surface area contributed by atoms with Crippen molar-refractivity contribution in [3.8, 4) is 0 Å². The summed E-state index contributed by atoms with van der Waals surface area (Å²) in [5.41, 5.74) is 1.58. The van der Waals surface area contributed by atoms with Gasteiger partial charge in [-0.15, -0.1) is 5.10 Å². The van der Waals surface area contributed by atoms with Gasteiger partial charge >= 0.3 is 0 Å². The van der Waals surface area contributed by atoms with E-state index in [1.54, 1.807) is 0 Å². The lowest BCUT2D eigenvalue weighted by Gasteiger charge is -2.24. The van der Waals surface area contributed by atoms with Gasteiger partial charge in [-0.2, -0.15) is 11.8 Å². The van der Waals surface area contributed by atoms with E-state index in [-0.39, 0.29) is 0 Å². The van der Waals surface area contributed by atoms with Crippen molar-refractivity contribution in [3.63, 3.8) is 0 Å². The minimum atomic E-state index is -0.546. The molecule has 0 radical (unpaired) electrons. The predicted octanol–water partition coefficient (Wildman–Crippen LogP) is 2.32. The molecule has 16 heavy (non-hydrogen) atoms. The minimum absolute atomic E-state index is 0.366. The van der Waals surface area contributed by atoms with Crippen LogP contribution in [0.1, 0.15) is 18.5 Å². The molecule has 1 aromatic rings. The average Bonchev–Trinajstić information content (AvgIpc) is 2.78. The zero-order chi connectivity index (χ0) is 11.8. The van der Waals surface area contributed by atoms with Crippen LogP contribution in [-0.4, -0.2) is 45.8 Å². The fourth-order valence-electron chi connectivity index (χ4n) is 1.90. The number of hydrogen-bond donors (Lipinski definition) is 0. The standard InChI is InChI=1S/C11H21N3S2/c1-15-8-11(5-6-11)10-7-14(13-12-10)9-16(2,3)4/h7H,5-6,8-9H2,1-4H3. The monoisotopic (exact) mass is 259 g/mol. The lowest BCUT2D eigenvalue weighted by Crippen LogP contribution is -2.10. The topological polar surface area (TPSA) is 30.7 Å². The van der Waals surface area contributed by atoms with Crippen molar-refractivity contribution in [2.24, 2.45) is 0 Å². The summed E-state index contributed by atoms with van der Waals surface area (Å²) < 4.78 is 2.03. The van der Waals surface area contributed by atoms with Crippen LogP contribution in [0.5, 0.6) is 0 Å². The molecule has 1 aliphatic carbocycles. The summed E-state index contributed by atoms with van der Waals surface area (Å²) in [6, 6.07) is 0. The van der Waals surface area contributed by atoms with Crippen LogP contribution >= 0.6 is 21.8 Å². The zero-order valence-corrected chi connectivity index (χ0v) is 12.2. The number of hydrogen-bond acceptors (Lipinski definition) is 3. The Morgan fingerprint density at radius 2 is 2.12 bits per heavy atom. The second-order valence-electron chi connectivity index (χ2n) is 5.58. The maximum Gasteiger partial charge on any atom is 0.0897 e. The highest BCUT2D eigenvalue weighted by molar-refractivity contribution is 8.31. The molecule has 0 bridgehead atoms. The van der Waals surface area contributed by atoms with Crippen molar-refractivity contribution >= 4 is 21.8 Å². The van der Waals surface area contributed by atoms with Gasteiger partial charge in [-0.05, 0) is 37.9 Å². The molecule has 3 nitrogen and oxygen atoms in total. The highest BCUT2D eigenvalue weighted by atomic mass is 32.3. The molecule has 1 fully saturated rings. The quantitative estimate of drug-likeness (QED) is 0.813. The summed E-state index contributed by atoms with van der Waals surface area (Å²) in [6.45, 7) is 0. The van der Waals surface area contributed by atoms with Crippen LogP contribution in [0.25, 0.3) is 0 Å². The molecule has 1 aromatic heterocycles. The first-order chi connectivity index (χ1) is 7.45. The van der Waals surface area contributed by atoms with E-state index in [0.29, 0.717) is 5.41 Å². The molecule has 92 valence electrons. The summed E-state index contributed by atoms with van der Waals surface area (Å²) in [5, 5.41) is 8.63. The molecule has 1 heterocycles. The maximum atomic E-state index is 4.37. The van der Waals surface area contributed by atoms with Crippen LogP contribution in [-0.2, 0) is 11.3 Å². The number of aromatic nitrogens is 3. The van der Waals surface area contributed by atoms with Crippen LogP contribution in [0.3, 0.4) is 0 Å². The van der Waals surface area contributed by atoms with Gasteiger partial charge in [-0.1, -0.05) is 5.21 Å². The van der Waals surface area contributed by atoms with E-state index >= 15 is 0 Å². The van der Waals surface area contributed by atoms with Gasteiger partial charge in [0.15, 0.2) is 0 Å². The Kier molecular flexibility index (Phi) is 3.27. The summed E-state index contributed by atoms with van der Waals surface area (Å²) >= 11 is 1.92. The molecule has 0 N–H and O–H groups in total. The summed E-state index contributed by atoms with van der Waals surface area (Å²) in [5.74, 6) is 2.21. The predicted molar refractivity (Wildman–Crippen MR) is 74.7 cm³/mol. The number of rotatable bonds is 5. The third-order valence-corrected chi connectivity index (χ3v) is 4.76. The third-order valence-electron chi connectivity index (χ3n) is 2.88. The molecule has 2 rings (SSSR count). The molecular weight excluding hydrogens is 238 g/mol. The van der Waals surface area contributed by atoms with Crippen molar-refractivity contribution in [3.05, 3.63) is 11.9 Å². The van der Waals surface area contributed by atoms with Gasteiger partial charge in [0.25, 0.3) is 0 Å². The Bertz CT molecular complexity index is 364. The van der Waals surface area contributed by atoms with Gasteiger partial charge in [0.1, 0.15) is 0 Å². The lowest BCUT2D eigenvalue weighted by molar-refractivity contribution is 0.692. The van der Waals surface area contributed by atoms with Crippen LogP contribution in [0.2, 0.25) is 0 Å². The summed E-state index contributed by atoms with van der Waals surface area (Å²) in [6.07, 6.45) is 13.8. The molecule has 5 heteroatoms. The second kappa shape index (κ2) is 4.26. The van der Waals surface area contributed by atoms with E-state index in [4.69, 9.17) is 0 Å². The first-order valence-corrected chi connectivity index (χ1v) is 9.93. The van der Waals surface area contributed by atoms with Gasteiger partial charge in [-0.25, -0.2) is 14.7 Å². The molecule has 0 saturated heterocycles. The van der Waals surface area contributed by atoms with E-state index < -0.39 is 10.0 Å². The summed E-state index contributed by atoms with van der Waals surface area (Å²) in [7, 11) is -0.546. The lowest BCUT2D eigenvalue weighted by atomic mass is 10.1. The fourth-order valence-corrected chi connectivity index (χ4v) is 3.81. The second-order valence-corrected chi connectivity index (χ2v) is 10.9. The van der Waals surface area contributed by atoms with Gasteiger partial charge in [0.05, 0.1) is 11.6 Å². The Hall–Kier alpha value is -0.160. The third kappa shape index (κ3) is 2.74.